The maximum absolute atomic E-state index is 3.72. The molecule has 0 heterocycles. The SMILES string of the molecule is C=Cc1c[c-]ccc1/C=C\C.CC.[CH3-].[K+]. The Labute approximate surface area is 138 Å². The molecule has 15 heavy (non-hydrogen) atoms. The van der Waals surface area contributed by atoms with Crippen LogP contribution in [0.25, 0.3) is 12.2 Å². The van der Waals surface area contributed by atoms with E-state index >= 15 is 0 Å². The Kier molecular flexibility index (Phi) is 19.8. The number of hydrogen-bond acceptors (Lipinski definition) is 0. The molecule has 1 rings (SSSR count). The summed E-state index contributed by atoms with van der Waals surface area (Å²) in [5.74, 6) is 0. The monoisotopic (exact) mass is 227 g/mol. The number of allylic oxidation sites excluding steroid dienone is 1. The van der Waals surface area contributed by atoms with Gasteiger partial charge < -0.3 is 7.43 Å². The summed E-state index contributed by atoms with van der Waals surface area (Å²) in [5, 5.41) is 0. The van der Waals surface area contributed by atoms with Gasteiger partial charge in [0.15, 0.2) is 0 Å². The van der Waals surface area contributed by atoms with E-state index in [1.807, 2.05) is 51.1 Å². The summed E-state index contributed by atoms with van der Waals surface area (Å²) in [6.45, 7) is 9.72. The van der Waals surface area contributed by atoms with E-state index in [1.165, 1.54) is 5.56 Å². The molecule has 1 aromatic rings. The molecule has 78 valence electrons. The molecule has 1 aromatic carbocycles. The van der Waals surface area contributed by atoms with Gasteiger partial charge in [-0.25, -0.2) is 0 Å². The molecule has 0 aliphatic rings. The Hall–Kier alpha value is 0.336. The first-order valence-electron chi connectivity index (χ1n) is 4.63. The number of benzene rings is 1. The van der Waals surface area contributed by atoms with E-state index in [0.717, 1.165) is 5.56 Å². The van der Waals surface area contributed by atoms with E-state index in [1.54, 1.807) is 0 Å². The van der Waals surface area contributed by atoms with Gasteiger partial charge in [-0.3, -0.25) is 0 Å². The van der Waals surface area contributed by atoms with Crippen LogP contribution >= 0.6 is 0 Å². The van der Waals surface area contributed by atoms with Crippen LogP contribution in [0.15, 0.2) is 30.9 Å². The van der Waals surface area contributed by atoms with Gasteiger partial charge in [0.1, 0.15) is 0 Å². The minimum atomic E-state index is 0. The van der Waals surface area contributed by atoms with E-state index in [9.17, 15) is 0 Å². The molecule has 0 unspecified atom stereocenters. The maximum atomic E-state index is 3.72. The zero-order chi connectivity index (χ0) is 10.1. The molecule has 0 aromatic heterocycles. The van der Waals surface area contributed by atoms with E-state index in [4.69, 9.17) is 0 Å². The minimum Gasteiger partial charge on any atom is -0.358 e. The van der Waals surface area contributed by atoms with Crippen molar-refractivity contribution in [3.05, 3.63) is 55.5 Å². The second-order valence-electron chi connectivity index (χ2n) is 2.26. The molecule has 0 bridgehead atoms. The van der Waals surface area contributed by atoms with Gasteiger partial charge in [0.2, 0.25) is 0 Å². The second kappa shape index (κ2) is 14.3. The van der Waals surface area contributed by atoms with Crippen LogP contribution in [0.2, 0.25) is 0 Å². The van der Waals surface area contributed by atoms with Crippen LogP contribution in [0.5, 0.6) is 0 Å². The third kappa shape index (κ3) is 8.18. The standard InChI is InChI=1S/C11H11.C2H6.CH3.K/c1-3-7-11-9-6-5-8-10(11)4-2;1-2;;/h3-4,6-9H,2H2,1H3;1-2H3;1H3;/q-1;;-1;+1/b7-3-;;;. The van der Waals surface area contributed by atoms with Crippen LogP contribution < -0.4 is 51.4 Å². The Morgan fingerprint density at radius 1 is 1.27 bits per heavy atom. The Balaban J connectivity index is -0.000000339. The van der Waals surface area contributed by atoms with Gasteiger partial charge in [-0.1, -0.05) is 26.0 Å². The van der Waals surface area contributed by atoms with Crippen molar-refractivity contribution in [2.45, 2.75) is 20.8 Å². The second-order valence-corrected chi connectivity index (χ2v) is 2.26. The topological polar surface area (TPSA) is 0 Å². The van der Waals surface area contributed by atoms with Crippen LogP contribution in [0.4, 0.5) is 0 Å². The fourth-order valence-electron chi connectivity index (χ4n) is 0.963. The largest absolute Gasteiger partial charge is 1.00 e. The maximum Gasteiger partial charge on any atom is 1.00 e. The molecular weight excluding hydrogens is 207 g/mol. The third-order valence-electron chi connectivity index (χ3n) is 1.50. The van der Waals surface area contributed by atoms with Gasteiger partial charge in [0.25, 0.3) is 0 Å². The molecule has 0 saturated heterocycles. The van der Waals surface area contributed by atoms with Gasteiger partial charge in [-0.15, -0.1) is 23.8 Å². The zero-order valence-corrected chi connectivity index (χ0v) is 13.8. The molecule has 0 N–H and O–H groups in total. The predicted octanol–water partition coefficient (Wildman–Crippen LogP) is 1.64. The molecule has 0 spiro atoms. The van der Waals surface area contributed by atoms with Crippen LogP contribution in [0, 0.1) is 13.5 Å². The summed E-state index contributed by atoms with van der Waals surface area (Å²) >= 11 is 0. The van der Waals surface area contributed by atoms with Crippen LogP contribution in [-0.2, 0) is 0 Å². The first kappa shape index (κ1) is 20.7. The van der Waals surface area contributed by atoms with Gasteiger partial charge in [-0.05, 0) is 6.92 Å². The van der Waals surface area contributed by atoms with Gasteiger partial charge in [-0.2, -0.15) is 24.3 Å². The minimum absolute atomic E-state index is 0. The summed E-state index contributed by atoms with van der Waals surface area (Å²) in [7, 11) is 0. The zero-order valence-electron chi connectivity index (χ0n) is 10.7. The van der Waals surface area contributed by atoms with E-state index in [2.05, 4.69) is 18.7 Å². The average molecular weight is 227 g/mol. The predicted molar refractivity (Wildman–Crippen MR) is 67.8 cm³/mol. The van der Waals surface area contributed by atoms with Crippen molar-refractivity contribution < 1.29 is 51.4 Å². The number of rotatable bonds is 2. The van der Waals surface area contributed by atoms with Crippen molar-refractivity contribution in [3.8, 4) is 0 Å². The van der Waals surface area contributed by atoms with Gasteiger partial charge in [0, 0.05) is 0 Å². The van der Waals surface area contributed by atoms with Crippen molar-refractivity contribution in [2.24, 2.45) is 0 Å². The first-order valence-corrected chi connectivity index (χ1v) is 4.63. The molecule has 0 atom stereocenters. The fraction of sp³-hybridized carbons (Fsp3) is 0.214. The molecule has 0 aliphatic carbocycles. The van der Waals surface area contributed by atoms with Gasteiger partial charge >= 0.3 is 51.4 Å². The summed E-state index contributed by atoms with van der Waals surface area (Å²) < 4.78 is 0. The van der Waals surface area contributed by atoms with Crippen molar-refractivity contribution in [1.29, 1.82) is 0 Å². The molecular formula is C14H20K-. The Bertz CT molecular complexity index is 274. The molecule has 1 heteroatoms. The van der Waals surface area contributed by atoms with Gasteiger partial charge in [0.05, 0.1) is 0 Å². The Morgan fingerprint density at radius 3 is 2.33 bits per heavy atom. The summed E-state index contributed by atoms with van der Waals surface area (Å²) in [4.78, 5) is 0. The molecule has 0 saturated carbocycles. The van der Waals surface area contributed by atoms with E-state index in [-0.39, 0.29) is 58.8 Å². The average Bonchev–Trinajstić information content (AvgIpc) is 2.22. The van der Waals surface area contributed by atoms with Crippen LogP contribution in [-0.4, -0.2) is 0 Å². The molecule has 0 radical (unpaired) electrons. The van der Waals surface area contributed by atoms with Crippen LogP contribution in [0.3, 0.4) is 0 Å². The normalized spacial score (nSPS) is 7.93. The summed E-state index contributed by atoms with van der Waals surface area (Å²) in [6, 6.07) is 8.87. The molecule has 0 fully saturated rings. The molecule has 0 nitrogen and oxygen atoms in total. The van der Waals surface area contributed by atoms with Crippen molar-refractivity contribution in [3.63, 3.8) is 0 Å². The first-order chi connectivity index (χ1) is 6.38. The fourth-order valence-corrected chi connectivity index (χ4v) is 0.963. The van der Waals surface area contributed by atoms with Crippen molar-refractivity contribution in [2.75, 3.05) is 0 Å². The summed E-state index contributed by atoms with van der Waals surface area (Å²) in [5.41, 5.74) is 2.33. The third-order valence-corrected chi connectivity index (χ3v) is 1.50. The van der Waals surface area contributed by atoms with Crippen LogP contribution in [0.1, 0.15) is 31.9 Å². The number of hydrogen-bond donors (Lipinski definition) is 0. The molecule has 0 aliphatic heterocycles. The molecule has 0 amide bonds. The van der Waals surface area contributed by atoms with E-state index in [0.29, 0.717) is 0 Å². The quantitative estimate of drug-likeness (QED) is 0.532. The smallest absolute Gasteiger partial charge is 0.358 e. The Morgan fingerprint density at radius 2 is 1.87 bits per heavy atom. The summed E-state index contributed by atoms with van der Waals surface area (Å²) in [6.07, 6.45) is 5.92. The van der Waals surface area contributed by atoms with Crippen molar-refractivity contribution >= 4 is 12.2 Å². The van der Waals surface area contributed by atoms with E-state index < -0.39 is 0 Å². The van der Waals surface area contributed by atoms with Crippen molar-refractivity contribution in [1.82, 2.24) is 0 Å².